The average Bonchev–Trinajstić information content (AvgIpc) is 2.52. The van der Waals surface area contributed by atoms with Crippen molar-refractivity contribution in [2.45, 2.75) is 26.2 Å². The normalized spacial score (nSPS) is 16.2. The molecule has 1 heterocycles. The quantitative estimate of drug-likeness (QED) is 0.526. The molecule has 0 spiro atoms. The van der Waals surface area contributed by atoms with Crippen molar-refractivity contribution >= 4 is 17.4 Å². The lowest BCUT2D eigenvalue weighted by atomic mass is 10.2. The Hall–Kier alpha value is -0.440. The van der Waals surface area contributed by atoms with Crippen molar-refractivity contribution in [1.29, 1.82) is 0 Å². The molecule has 1 rings (SSSR count). The summed E-state index contributed by atoms with van der Waals surface area (Å²) in [5, 5.41) is 4.07. The summed E-state index contributed by atoms with van der Waals surface area (Å²) in [5.41, 5.74) is 2.93. The third kappa shape index (κ3) is 2.55. The first-order valence-electron chi connectivity index (χ1n) is 4.48. The number of nitrogens with zero attached hydrogens (tertiary/aromatic N) is 2. The molecule has 0 aliphatic carbocycles. The molecule has 0 fully saturated rings. The molecule has 3 nitrogen and oxygen atoms in total. The lowest BCUT2D eigenvalue weighted by molar-refractivity contribution is 0.408. The average molecular weight is 190 g/mol. The molecule has 70 valence electrons. The van der Waals surface area contributed by atoms with Crippen LogP contribution in [-0.4, -0.2) is 29.8 Å². The van der Waals surface area contributed by atoms with Gasteiger partial charge in [0.1, 0.15) is 12.5 Å². The summed E-state index contributed by atoms with van der Waals surface area (Å²) >= 11 is 5.70. The van der Waals surface area contributed by atoms with Gasteiger partial charge in [-0.25, -0.2) is 0 Å². The summed E-state index contributed by atoms with van der Waals surface area (Å²) < 4.78 is 0. The number of unbranched alkanes of at least 4 members (excludes halogenated alkanes) is 2. The van der Waals surface area contributed by atoms with Crippen molar-refractivity contribution in [2.24, 2.45) is 5.10 Å². The van der Waals surface area contributed by atoms with Crippen molar-refractivity contribution in [3.8, 4) is 0 Å². The zero-order valence-corrected chi connectivity index (χ0v) is 8.27. The van der Waals surface area contributed by atoms with E-state index in [0.717, 1.165) is 19.0 Å². The van der Waals surface area contributed by atoms with E-state index in [1.807, 2.05) is 0 Å². The van der Waals surface area contributed by atoms with Gasteiger partial charge in [0.25, 0.3) is 0 Å². The van der Waals surface area contributed by atoms with E-state index in [0.29, 0.717) is 5.88 Å². The van der Waals surface area contributed by atoms with Crippen molar-refractivity contribution in [3.05, 3.63) is 0 Å². The summed E-state index contributed by atoms with van der Waals surface area (Å²) in [6, 6.07) is 0. The van der Waals surface area contributed by atoms with Crippen LogP contribution in [0.15, 0.2) is 5.10 Å². The van der Waals surface area contributed by atoms with Crippen LogP contribution in [0, 0.1) is 0 Å². The highest BCUT2D eigenvalue weighted by molar-refractivity contribution is 6.28. The van der Waals surface area contributed by atoms with Crippen LogP contribution in [0.25, 0.3) is 0 Å². The second-order valence-electron chi connectivity index (χ2n) is 2.95. The Balaban J connectivity index is 2.19. The number of nitrogens with one attached hydrogen (secondary N) is 1. The molecule has 0 unspecified atom stereocenters. The predicted octanol–water partition coefficient (Wildman–Crippen LogP) is 1.59. The van der Waals surface area contributed by atoms with Crippen molar-refractivity contribution in [2.75, 3.05) is 19.1 Å². The van der Waals surface area contributed by atoms with Gasteiger partial charge in [0.2, 0.25) is 0 Å². The van der Waals surface area contributed by atoms with E-state index in [1.165, 1.54) is 19.3 Å². The SMILES string of the molecule is CCCCCN1CNN=C1CCl. The highest BCUT2D eigenvalue weighted by Crippen LogP contribution is 2.03. The molecule has 4 heteroatoms. The Kier molecular flexibility index (Phi) is 4.22. The van der Waals surface area contributed by atoms with Gasteiger partial charge in [-0.1, -0.05) is 19.8 Å². The summed E-state index contributed by atoms with van der Waals surface area (Å²) in [7, 11) is 0. The number of amidine groups is 1. The minimum absolute atomic E-state index is 0.513. The van der Waals surface area contributed by atoms with E-state index < -0.39 is 0 Å². The first-order chi connectivity index (χ1) is 5.88. The maximum Gasteiger partial charge on any atom is 0.141 e. The molecule has 1 aliphatic heterocycles. The van der Waals surface area contributed by atoms with Gasteiger partial charge >= 0.3 is 0 Å². The number of rotatable bonds is 5. The van der Waals surface area contributed by atoms with Crippen LogP contribution < -0.4 is 5.43 Å². The van der Waals surface area contributed by atoms with Gasteiger partial charge in [0, 0.05) is 6.54 Å². The van der Waals surface area contributed by atoms with E-state index in [9.17, 15) is 0 Å². The molecule has 0 aromatic heterocycles. The van der Waals surface area contributed by atoms with Gasteiger partial charge in [-0.2, -0.15) is 5.10 Å². The fourth-order valence-electron chi connectivity index (χ4n) is 1.25. The van der Waals surface area contributed by atoms with Crippen molar-refractivity contribution in [1.82, 2.24) is 10.3 Å². The lowest BCUT2D eigenvalue weighted by Gasteiger charge is -2.16. The molecule has 1 aliphatic rings. The summed E-state index contributed by atoms with van der Waals surface area (Å²) in [6.45, 7) is 4.11. The smallest absolute Gasteiger partial charge is 0.141 e. The Labute approximate surface area is 78.8 Å². The highest BCUT2D eigenvalue weighted by Gasteiger charge is 2.13. The zero-order valence-electron chi connectivity index (χ0n) is 7.52. The van der Waals surface area contributed by atoms with E-state index in [2.05, 4.69) is 22.4 Å². The van der Waals surface area contributed by atoms with E-state index >= 15 is 0 Å². The van der Waals surface area contributed by atoms with Gasteiger partial charge in [-0.15, -0.1) is 11.6 Å². The first-order valence-corrected chi connectivity index (χ1v) is 5.02. The Morgan fingerprint density at radius 1 is 1.58 bits per heavy atom. The highest BCUT2D eigenvalue weighted by atomic mass is 35.5. The fraction of sp³-hybridized carbons (Fsp3) is 0.875. The van der Waals surface area contributed by atoms with Crippen LogP contribution in [0.3, 0.4) is 0 Å². The Morgan fingerprint density at radius 3 is 3.08 bits per heavy atom. The monoisotopic (exact) mass is 189 g/mol. The minimum atomic E-state index is 0.513. The Morgan fingerprint density at radius 2 is 2.42 bits per heavy atom. The van der Waals surface area contributed by atoms with Crippen LogP contribution in [0.1, 0.15) is 26.2 Å². The molecule has 0 atom stereocenters. The summed E-state index contributed by atoms with van der Waals surface area (Å²) in [5.74, 6) is 1.49. The zero-order chi connectivity index (χ0) is 8.81. The summed E-state index contributed by atoms with van der Waals surface area (Å²) in [6.07, 6.45) is 3.77. The number of alkyl halides is 1. The standard InChI is InChI=1S/C8H16ClN3/c1-2-3-4-5-12-7-10-11-8(12)6-9/h10H,2-7H2,1H3. The molecule has 0 aromatic rings. The molecule has 0 aromatic carbocycles. The number of hydrogen-bond donors (Lipinski definition) is 1. The molecule has 1 N–H and O–H groups in total. The fourth-order valence-corrected chi connectivity index (χ4v) is 1.48. The third-order valence-corrected chi connectivity index (χ3v) is 2.22. The largest absolute Gasteiger partial charge is 0.339 e. The molecular weight excluding hydrogens is 174 g/mol. The maximum absolute atomic E-state index is 5.70. The van der Waals surface area contributed by atoms with Gasteiger partial charge in [0.05, 0.1) is 5.88 Å². The molecule has 0 saturated carbocycles. The van der Waals surface area contributed by atoms with Crippen LogP contribution in [0.4, 0.5) is 0 Å². The van der Waals surface area contributed by atoms with Crippen LogP contribution in [0.5, 0.6) is 0 Å². The van der Waals surface area contributed by atoms with Crippen molar-refractivity contribution < 1.29 is 0 Å². The second-order valence-corrected chi connectivity index (χ2v) is 3.22. The van der Waals surface area contributed by atoms with Gasteiger partial charge < -0.3 is 4.90 Å². The number of halogens is 1. The van der Waals surface area contributed by atoms with Crippen LogP contribution in [0.2, 0.25) is 0 Å². The van der Waals surface area contributed by atoms with Crippen molar-refractivity contribution in [3.63, 3.8) is 0 Å². The Bertz CT molecular complexity index is 158. The van der Waals surface area contributed by atoms with E-state index in [-0.39, 0.29) is 0 Å². The van der Waals surface area contributed by atoms with Gasteiger partial charge in [-0.05, 0) is 6.42 Å². The van der Waals surface area contributed by atoms with E-state index in [1.54, 1.807) is 0 Å². The third-order valence-electron chi connectivity index (χ3n) is 1.99. The first kappa shape index (κ1) is 9.65. The van der Waals surface area contributed by atoms with Gasteiger partial charge in [0.15, 0.2) is 0 Å². The topological polar surface area (TPSA) is 27.6 Å². The molecule has 0 radical (unpaired) electrons. The predicted molar refractivity (Wildman–Crippen MR) is 52.4 cm³/mol. The lowest BCUT2D eigenvalue weighted by Crippen LogP contribution is -2.31. The molecular formula is C8H16ClN3. The van der Waals surface area contributed by atoms with Crippen LogP contribution >= 0.6 is 11.6 Å². The summed E-state index contributed by atoms with van der Waals surface area (Å²) in [4.78, 5) is 2.20. The molecule has 0 bridgehead atoms. The van der Waals surface area contributed by atoms with Gasteiger partial charge in [-0.3, -0.25) is 5.43 Å². The molecule has 12 heavy (non-hydrogen) atoms. The van der Waals surface area contributed by atoms with Crippen LogP contribution in [-0.2, 0) is 0 Å². The minimum Gasteiger partial charge on any atom is -0.339 e. The molecule has 0 saturated heterocycles. The number of hydrogen-bond acceptors (Lipinski definition) is 3. The second kappa shape index (κ2) is 5.25. The molecule has 0 amide bonds. The van der Waals surface area contributed by atoms with E-state index in [4.69, 9.17) is 11.6 Å². The number of hydrazone groups is 1. The maximum atomic E-state index is 5.70.